The number of aryl methyl sites for hydroxylation is 2. The summed E-state index contributed by atoms with van der Waals surface area (Å²) in [5.41, 5.74) is 4.68. The Labute approximate surface area is 126 Å². The van der Waals surface area contributed by atoms with Crippen molar-refractivity contribution in [2.75, 3.05) is 5.43 Å². The van der Waals surface area contributed by atoms with Crippen LogP contribution in [0.3, 0.4) is 0 Å². The van der Waals surface area contributed by atoms with Crippen molar-refractivity contribution < 1.29 is 4.92 Å². The van der Waals surface area contributed by atoms with Crippen molar-refractivity contribution in [3.05, 3.63) is 61.6 Å². The molecule has 0 fully saturated rings. The Morgan fingerprint density at radius 1 is 1.36 bits per heavy atom. The van der Waals surface area contributed by atoms with E-state index in [1.807, 2.05) is 0 Å². The number of nitro benzene ring substituents is 1. The van der Waals surface area contributed by atoms with Crippen LogP contribution in [0.15, 0.2) is 34.2 Å². The number of nitrogens with one attached hydrogen (secondary N) is 2. The molecule has 0 bridgehead atoms. The summed E-state index contributed by atoms with van der Waals surface area (Å²) < 4.78 is 0. The van der Waals surface area contributed by atoms with Crippen molar-refractivity contribution in [1.29, 1.82) is 0 Å². The number of H-pyrrole nitrogens is 1. The Hall–Kier alpha value is -3.03. The first-order valence-corrected chi connectivity index (χ1v) is 6.50. The van der Waals surface area contributed by atoms with Crippen LogP contribution in [-0.4, -0.2) is 20.6 Å². The fraction of sp³-hybridized carbons (Fsp3) is 0.214. The molecular formula is C14H15N5O3. The van der Waals surface area contributed by atoms with Gasteiger partial charge in [-0.1, -0.05) is 12.1 Å². The van der Waals surface area contributed by atoms with Crippen LogP contribution < -0.4 is 11.0 Å². The third kappa shape index (κ3) is 3.54. The summed E-state index contributed by atoms with van der Waals surface area (Å²) in [6, 6.07) is 6.24. The van der Waals surface area contributed by atoms with Gasteiger partial charge in [0, 0.05) is 29.0 Å². The molecule has 0 aliphatic rings. The van der Waals surface area contributed by atoms with Crippen LogP contribution in [0.5, 0.6) is 0 Å². The van der Waals surface area contributed by atoms with Crippen LogP contribution in [-0.2, 0) is 0 Å². The Morgan fingerprint density at radius 2 is 2.09 bits per heavy atom. The number of nitrogens with zero attached hydrogens (tertiary/aromatic N) is 3. The van der Waals surface area contributed by atoms with Gasteiger partial charge in [-0.3, -0.25) is 19.9 Å². The molecule has 0 saturated heterocycles. The molecule has 0 radical (unpaired) electrons. The maximum Gasteiger partial charge on any atom is 0.272 e. The highest BCUT2D eigenvalue weighted by molar-refractivity contribution is 5.99. The Kier molecular flexibility index (Phi) is 4.31. The lowest BCUT2D eigenvalue weighted by atomic mass is 10.1. The van der Waals surface area contributed by atoms with E-state index < -0.39 is 4.92 Å². The van der Waals surface area contributed by atoms with Crippen LogP contribution >= 0.6 is 0 Å². The van der Waals surface area contributed by atoms with Crippen molar-refractivity contribution in [1.82, 2.24) is 9.97 Å². The molecule has 2 rings (SSSR count). The molecule has 2 aromatic rings. The lowest BCUT2D eigenvalue weighted by Crippen LogP contribution is -2.11. The second-order valence-corrected chi connectivity index (χ2v) is 4.80. The maximum atomic E-state index is 11.3. The minimum Gasteiger partial charge on any atom is -0.291 e. The van der Waals surface area contributed by atoms with Crippen LogP contribution in [0.2, 0.25) is 0 Å². The first-order chi connectivity index (χ1) is 10.4. The minimum atomic E-state index is -0.431. The monoisotopic (exact) mass is 301 g/mol. The van der Waals surface area contributed by atoms with Crippen molar-refractivity contribution in [3.63, 3.8) is 0 Å². The largest absolute Gasteiger partial charge is 0.291 e. The number of hydrogen-bond acceptors (Lipinski definition) is 6. The molecule has 8 heteroatoms. The first-order valence-electron chi connectivity index (χ1n) is 6.50. The zero-order valence-electron chi connectivity index (χ0n) is 12.4. The van der Waals surface area contributed by atoms with Gasteiger partial charge in [-0.25, -0.2) is 10.4 Å². The summed E-state index contributed by atoms with van der Waals surface area (Å²) in [6.45, 7) is 5.07. The SMILES string of the molecule is C/C(=N/Nc1nc(C)cc(=O)[nH]1)c1ccc(C)c([N+](=O)[O-])c1. The summed E-state index contributed by atoms with van der Waals surface area (Å²) >= 11 is 0. The van der Waals surface area contributed by atoms with Crippen LogP contribution in [0.4, 0.5) is 11.6 Å². The topological polar surface area (TPSA) is 113 Å². The van der Waals surface area contributed by atoms with E-state index in [0.717, 1.165) is 0 Å². The van der Waals surface area contributed by atoms with Gasteiger partial charge in [0.2, 0.25) is 5.95 Å². The average Bonchev–Trinajstić information content (AvgIpc) is 2.44. The molecule has 0 saturated carbocycles. The van der Waals surface area contributed by atoms with E-state index in [-0.39, 0.29) is 17.2 Å². The second-order valence-electron chi connectivity index (χ2n) is 4.80. The quantitative estimate of drug-likeness (QED) is 0.510. The molecule has 0 amide bonds. The van der Waals surface area contributed by atoms with Crippen molar-refractivity contribution in [2.24, 2.45) is 5.10 Å². The number of benzene rings is 1. The molecule has 1 aromatic heterocycles. The highest BCUT2D eigenvalue weighted by Crippen LogP contribution is 2.19. The summed E-state index contributed by atoms with van der Waals surface area (Å²) in [7, 11) is 0. The number of nitro groups is 1. The fourth-order valence-electron chi connectivity index (χ4n) is 1.86. The minimum absolute atomic E-state index is 0.0362. The van der Waals surface area contributed by atoms with Crippen molar-refractivity contribution in [3.8, 4) is 0 Å². The number of rotatable bonds is 4. The first kappa shape index (κ1) is 15.4. The number of hydrogen-bond donors (Lipinski definition) is 2. The molecule has 0 spiro atoms. The number of anilines is 1. The fourth-order valence-corrected chi connectivity index (χ4v) is 1.86. The normalized spacial score (nSPS) is 11.3. The Balaban J connectivity index is 2.27. The molecule has 0 atom stereocenters. The van der Waals surface area contributed by atoms with Crippen molar-refractivity contribution in [2.45, 2.75) is 20.8 Å². The number of hydrazone groups is 1. The summed E-state index contributed by atoms with van der Waals surface area (Å²) in [5.74, 6) is 0.214. The van der Waals surface area contributed by atoms with Crippen LogP contribution in [0.1, 0.15) is 23.7 Å². The lowest BCUT2D eigenvalue weighted by Gasteiger charge is -2.04. The summed E-state index contributed by atoms with van der Waals surface area (Å²) in [6.07, 6.45) is 0. The molecule has 0 aliphatic carbocycles. The van der Waals surface area contributed by atoms with E-state index in [1.54, 1.807) is 32.9 Å². The number of aromatic amines is 1. The summed E-state index contributed by atoms with van der Waals surface area (Å²) in [4.78, 5) is 28.4. The van der Waals surface area contributed by atoms with E-state index in [0.29, 0.717) is 22.5 Å². The molecule has 8 nitrogen and oxygen atoms in total. The van der Waals surface area contributed by atoms with Gasteiger partial charge in [0.15, 0.2) is 0 Å². The maximum absolute atomic E-state index is 11.3. The van der Waals surface area contributed by atoms with Gasteiger partial charge in [-0.15, -0.1) is 0 Å². The molecule has 0 aliphatic heterocycles. The molecule has 1 heterocycles. The van der Waals surface area contributed by atoms with E-state index in [2.05, 4.69) is 20.5 Å². The molecular weight excluding hydrogens is 286 g/mol. The predicted molar refractivity (Wildman–Crippen MR) is 83.3 cm³/mol. The highest BCUT2D eigenvalue weighted by Gasteiger charge is 2.12. The smallest absolute Gasteiger partial charge is 0.272 e. The third-order valence-corrected chi connectivity index (χ3v) is 3.02. The number of aromatic nitrogens is 2. The molecule has 114 valence electrons. The lowest BCUT2D eigenvalue weighted by molar-refractivity contribution is -0.385. The highest BCUT2D eigenvalue weighted by atomic mass is 16.6. The zero-order valence-corrected chi connectivity index (χ0v) is 12.4. The van der Waals surface area contributed by atoms with Crippen LogP contribution in [0.25, 0.3) is 0 Å². The molecule has 2 N–H and O–H groups in total. The van der Waals surface area contributed by atoms with Gasteiger partial charge in [-0.2, -0.15) is 5.10 Å². The molecule has 22 heavy (non-hydrogen) atoms. The third-order valence-electron chi connectivity index (χ3n) is 3.02. The Morgan fingerprint density at radius 3 is 2.73 bits per heavy atom. The standard InChI is InChI=1S/C14H15N5O3/c1-8-4-5-11(7-12(8)19(21)22)10(3)17-18-14-15-9(2)6-13(20)16-14/h4-7H,1-3H3,(H2,15,16,18,20)/b17-10-. The van der Waals surface area contributed by atoms with Crippen molar-refractivity contribution >= 4 is 17.3 Å². The molecule has 1 aromatic carbocycles. The zero-order chi connectivity index (χ0) is 16.3. The van der Waals surface area contributed by atoms with E-state index in [4.69, 9.17) is 0 Å². The average molecular weight is 301 g/mol. The predicted octanol–water partition coefficient (Wildman–Crippen LogP) is 2.13. The van der Waals surface area contributed by atoms with Gasteiger partial charge in [0.25, 0.3) is 11.2 Å². The second kappa shape index (κ2) is 6.17. The van der Waals surface area contributed by atoms with Gasteiger partial charge in [0.1, 0.15) is 0 Å². The van der Waals surface area contributed by atoms with Gasteiger partial charge >= 0.3 is 0 Å². The molecule has 0 unspecified atom stereocenters. The van der Waals surface area contributed by atoms with E-state index in [1.165, 1.54) is 12.1 Å². The van der Waals surface area contributed by atoms with E-state index in [9.17, 15) is 14.9 Å². The van der Waals surface area contributed by atoms with Crippen LogP contribution in [0, 0.1) is 24.0 Å². The van der Waals surface area contributed by atoms with Gasteiger partial charge in [0.05, 0.1) is 10.6 Å². The Bertz CT molecular complexity index is 810. The summed E-state index contributed by atoms with van der Waals surface area (Å²) in [5, 5.41) is 15.0. The van der Waals surface area contributed by atoms with Gasteiger partial charge in [-0.05, 0) is 20.8 Å². The van der Waals surface area contributed by atoms with Gasteiger partial charge < -0.3 is 0 Å². The van der Waals surface area contributed by atoms with E-state index >= 15 is 0 Å².